The second-order valence-corrected chi connectivity index (χ2v) is 6.44. The molecular weight excluding hydrogens is 363 g/mol. The lowest BCUT2D eigenvalue weighted by Gasteiger charge is -2.36. The van der Waals surface area contributed by atoms with Gasteiger partial charge < -0.3 is 14.2 Å². The molecule has 0 bridgehead atoms. The number of hydrogen-bond acceptors (Lipinski definition) is 4. The summed E-state index contributed by atoms with van der Waals surface area (Å²) in [7, 11) is 0. The number of carbonyl (C=O) groups excluding carboxylic acids is 1. The molecule has 1 heterocycles. The highest BCUT2D eigenvalue weighted by atomic mass is 35.5. The van der Waals surface area contributed by atoms with Crippen LogP contribution in [0.4, 0.5) is 0 Å². The van der Waals surface area contributed by atoms with Gasteiger partial charge in [0.15, 0.2) is 0 Å². The second-order valence-electron chi connectivity index (χ2n) is 5.62. The zero-order chi connectivity index (χ0) is 17.9. The summed E-state index contributed by atoms with van der Waals surface area (Å²) in [6, 6.07) is 12.9. The number of esters is 1. The van der Waals surface area contributed by atoms with Crippen LogP contribution in [-0.4, -0.2) is 32.4 Å². The molecule has 1 aliphatic heterocycles. The number of benzene rings is 2. The minimum absolute atomic E-state index is 0.101. The number of hydrogen-bond donors (Lipinski definition) is 0. The van der Waals surface area contributed by atoms with Gasteiger partial charge in [-0.25, -0.2) is 4.79 Å². The Balaban J connectivity index is 2.14. The minimum atomic E-state index is -1.29. The molecule has 1 unspecified atom stereocenters. The van der Waals surface area contributed by atoms with Gasteiger partial charge in [0.2, 0.25) is 5.60 Å². The maximum absolute atomic E-state index is 12.8. The summed E-state index contributed by atoms with van der Waals surface area (Å²) in [4.78, 5) is 12.8. The van der Waals surface area contributed by atoms with Gasteiger partial charge in [-0.05, 0) is 30.2 Å². The van der Waals surface area contributed by atoms with Gasteiger partial charge in [0, 0.05) is 5.56 Å². The van der Waals surface area contributed by atoms with Gasteiger partial charge in [-0.3, -0.25) is 0 Å². The van der Waals surface area contributed by atoms with Crippen LogP contribution in [0.3, 0.4) is 0 Å². The van der Waals surface area contributed by atoms with Crippen molar-refractivity contribution in [1.29, 1.82) is 0 Å². The van der Waals surface area contributed by atoms with Crippen molar-refractivity contribution >= 4 is 29.2 Å². The Bertz CT molecular complexity index is 770. The standard InChI is InChI=1S/C19H18Cl2O4/c1-2-24-18(22)19(12-23-9-10-25-19)15-6-4-3-5-14(15)13-7-8-16(20)17(21)11-13/h3-8,11H,2,9-10,12H2,1H3. The third kappa shape index (κ3) is 3.53. The Morgan fingerprint density at radius 1 is 1.16 bits per heavy atom. The van der Waals surface area contributed by atoms with Gasteiger partial charge >= 0.3 is 5.97 Å². The van der Waals surface area contributed by atoms with Gasteiger partial charge in [-0.1, -0.05) is 53.5 Å². The summed E-state index contributed by atoms with van der Waals surface area (Å²) in [5.41, 5.74) is 1.05. The monoisotopic (exact) mass is 380 g/mol. The van der Waals surface area contributed by atoms with Crippen molar-refractivity contribution in [3.63, 3.8) is 0 Å². The highest BCUT2D eigenvalue weighted by Crippen LogP contribution is 2.39. The molecule has 0 aliphatic carbocycles. The third-order valence-electron chi connectivity index (χ3n) is 4.08. The fraction of sp³-hybridized carbons (Fsp3) is 0.316. The maximum Gasteiger partial charge on any atom is 0.345 e. The Hall–Kier alpha value is -1.59. The molecular formula is C19H18Cl2O4. The zero-order valence-electron chi connectivity index (χ0n) is 13.8. The molecule has 6 heteroatoms. The average Bonchev–Trinajstić information content (AvgIpc) is 2.65. The van der Waals surface area contributed by atoms with Crippen molar-refractivity contribution in [2.45, 2.75) is 12.5 Å². The van der Waals surface area contributed by atoms with Crippen LogP contribution in [-0.2, 0) is 24.6 Å². The summed E-state index contributed by atoms with van der Waals surface area (Å²) < 4.78 is 16.8. The molecule has 0 radical (unpaired) electrons. The van der Waals surface area contributed by atoms with E-state index in [0.29, 0.717) is 28.8 Å². The number of rotatable bonds is 4. The zero-order valence-corrected chi connectivity index (χ0v) is 15.3. The van der Waals surface area contributed by atoms with E-state index in [0.717, 1.165) is 11.1 Å². The van der Waals surface area contributed by atoms with Crippen LogP contribution in [0.1, 0.15) is 12.5 Å². The van der Waals surface area contributed by atoms with Crippen molar-refractivity contribution in [2.24, 2.45) is 0 Å². The molecule has 0 aromatic heterocycles. The molecule has 132 valence electrons. The SMILES string of the molecule is CCOC(=O)C1(c2ccccc2-c2ccc(Cl)c(Cl)c2)COCCO1. The maximum atomic E-state index is 12.8. The smallest absolute Gasteiger partial charge is 0.345 e. The van der Waals surface area contributed by atoms with Gasteiger partial charge in [0.05, 0.1) is 36.5 Å². The lowest BCUT2D eigenvalue weighted by atomic mass is 9.86. The first-order valence-electron chi connectivity index (χ1n) is 8.02. The lowest BCUT2D eigenvalue weighted by molar-refractivity contribution is -0.202. The number of carbonyl (C=O) groups is 1. The van der Waals surface area contributed by atoms with Crippen LogP contribution in [0.2, 0.25) is 10.0 Å². The van der Waals surface area contributed by atoms with Gasteiger partial charge in [-0.2, -0.15) is 0 Å². The Morgan fingerprint density at radius 3 is 2.64 bits per heavy atom. The van der Waals surface area contributed by atoms with Crippen molar-refractivity contribution in [1.82, 2.24) is 0 Å². The first-order chi connectivity index (χ1) is 12.1. The molecule has 1 saturated heterocycles. The quantitative estimate of drug-likeness (QED) is 0.734. The molecule has 4 nitrogen and oxygen atoms in total. The topological polar surface area (TPSA) is 44.8 Å². The molecule has 2 aromatic carbocycles. The molecule has 0 amide bonds. The van der Waals surface area contributed by atoms with Gasteiger partial charge in [0.25, 0.3) is 0 Å². The molecule has 3 rings (SSSR count). The Kier molecular flexibility index (Phi) is 5.64. The van der Waals surface area contributed by atoms with Crippen LogP contribution < -0.4 is 0 Å². The molecule has 1 fully saturated rings. The van der Waals surface area contributed by atoms with Crippen LogP contribution in [0.5, 0.6) is 0 Å². The normalized spacial score (nSPS) is 20.3. The summed E-state index contributed by atoms with van der Waals surface area (Å²) in [6.07, 6.45) is 0. The van der Waals surface area contributed by atoms with E-state index < -0.39 is 11.6 Å². The molecule has 25 heavy (non-hydrogen) atoms. The fourth-order valence-electron chi connectivity index (χ4n) is 2.91. The third-order valence-corrected chi connectivity index (χ3v) is 4.82. The molecule has 1 atom stereocenters. The summed E-state index contributed by atoms with van der Waals surface area (Å²) in [5.74, 6) is -0.456. The number of ether oxygens (including phenoxy) is 3. The molecule has 0 saturated carbocycles. The molecule has 0 spiro atoms. The highest BCUT2D eigenvalue weighted by molar-refractivity contribution is 6.42. The van der Waals surface area contributed by atoms with Crippen molar-refractivity contribution < 1.29 is 19.0 Å². The number of halogens is 2. The van der Waals surface area contributed by atoms with E-state index in [-0.39, 0.29) is 13.2 Å². The van der Waals surface area contributed by atoms with E-state index >= 15 is 0 Å². The summed E-state index contributed by atoms with van der Waals surface area (Å²) in [5, 5.41) is 0.917. The second kappa shape index (κ2) is 7.75. The average molecular weight is 381 g/mol. The highest BCUT2D eigenvalue weighted by Gasteiger charge is 2.46. The van der Waals surface area contributed by atoms with Crippen LogP contribution in [0.15, 0.2) is 42.5 Å². The molecule has 0 N–H and O–H groups in total. The van der Waals surface area contributed by atoms with E-state index in [4.69, 9.17) is 37.4 Å². The van der Waals surface area contributed by atoms with Crippen molar-refractivity contribution in [3.8, 4) is 11.1 Å². The summed E-state index contributed by atoms with van der Waals surface area (Å²) in [6.45, 7) is 2.88. The van der Waals surface area contributed by atoms with Crippen LogP contribution in [0.25, 0.3) is 11.1 Å². The predicted molar refractivity (Wildman–Crippen MR) is 97.0 cm³/mol. The van der Waals surface area contributed by atoms with Crippen molar-refractivity contribution in [2.75, 3.05) is 26.4 Å². The summed E-state index contributed by atoms with van der Waals surface area (Å²) >= 11 is 12.2. The van der Waals surface area contributed by atoms with Gasteiger partial charge in [-0.15, -0.1) is 0 Å². The Labute approximate surface area is 156 Å². The minimum Gasteiger partial charge on any atom is -0.464 e. The molecule has 2 aromatic rings. The van der Waals surface area contributed by atoms with E-state index in [9.17, 15) is 4.79 Å². The predicted octanol–water partition coefficient (Wildman–Crippen LogP) is 4.47. The van der Waals surface area contributed by atoms with Gasteiger partial charge in [0.1, 0.15) is 0 Å². The Morgan fingerprint density at radius 2 is 1.96 bits per heavy atom. The van der Waals surface area contributed by atoms with Crippen molar-refractivity contribution in [3.05, 3.63) is 58.1 Å². The largest absolute Gasteiger partial charge is 0.464 e. The fourth-order valence-corrected chi connectivity index (χ4v) is 3.21. The van der Waals surface area contributed by atoms with E-state index in [1.807, 2.05) is 30.3 Å². The van der Waals surface area contributed by atoms with E-state index in [2.05, 4.69) is 0 Å². The van der Waals surface area contributed by atoms with E-state index in [1.165, 1.54) is 0 Å². The molecule has 1 aliphatic rings. The first-order valence-corrected chi connectivity index (χ1v) is 8.78. The van der Waals surface area contributed by atoms with E-state index in [1.54, 1.807) is 19.1 Å². The van der Waals surface area contributed by atoms with Crippen LogP contribution in [0, 0.1) is 0 Å². The van der Waals surface area contributed by atoms with Crippen LogP contribution >= 0.6 is 23.2 Å². The first kappa shape index (κ1) is 18.2. The lowest BCUT2D eigenvalue weighted by Crippen LogP contribution is -2.48.